The molecule has 4 heteroatoms. The highest BCUT2D eigenvalue weighted by atomic mass is 15.2. The summed E-state index contributed by atoms with van der Waals surface area (Å²) < 4.78 is 4.63. The molecule has 0 aliphatic rings. The van der Waals surface area contributed by atoms with Crippen LogP contribution in [-0.4, -0.2) is 19.1 Å². The minimum absolute atomic E-state index is 0.682. The van der Waals surface area contributed by atoms with Gasteiger partial charge in [0, 0.05) is 44.2 Å². The van der Waals surface area contributed by atoms with E-state index in [1.807, 2.05) is 24.4 Å². The zero-order valence-corrected chi connectivity index (χ0v) is 21.5. The summed E-state index contributed by atoms with van der Waals surface area (Å²) in [5.74, 6) is 0.682. The molecule has 3 aromatic heterocycles. The molecular weight excluding hydrogens is 488 g/mol. The lowest BCUT2D eigenvalue weighted by Gasteiger charge is -2.10. The molecule has 4 nitrogen and oxygen atoms in total. The molecule has 186 valence electrons. The molecule has 6 aromatic carbocycles. The van der Waals surface area contributed by atoms with Crippen LogP contribution in [0.1, 0.15) is 0 Å². The molecule has 9 aromatic rings. The first-order valence-corrected chi connectivity index (χ1v) is 13.5. The molecule has 0 N–H and O–H groups in total. The Morgan fingerprint density at radius 1 is 0.450 bits per heavy atom. The fraction of sp³-hybridized carbons (Fsp3) is 0. The van der Waals surface area contributed by atoms with Crippen molar-refractivity contribution in [3.8, 4) is 11.6 Å². The highest BCUT2D eigenvalue weighted by molar-refractivity contribution is 6.23. The lowest BCUT2D eigenvalue weighted by Crippen LogP contribution is -2.00. The van der Waals surface area contributed by atoms with Crippen LogP contribution in [0.15, 0.2) is 134 Å². The van der Waals surface area contributed by atoms with Gasteiger partial charge in [0.25, 0.3) is 0 Å². The van der Waals surface area contributed by atoms with E-state index in [0.717, 1.165) is 27.6 Å². The summed E-state index contributed by atoms with van der Waals surface area (Å²) in [6.45, 7) is 0. The average Bonchev–Trinajstić information content (AvgIpc) is 3.52. The smallest absolute Gasteiger partial charge is 0.235 e. The van der Waals surface area contributed by atoms with Gasteiger partial charge < -0.3 is 4.57 Å². The number of aromatic nitrogens is 4. The van der Waals surface area contributed by atoms with Gasteiger partial charge >= 0.3 is 0 Å². The first-order chi connectivity index (χ1) is 19.8. The van der Waals surface area contributed by atoms with E-state index in [-0.39, 0.29) is 0 Å². The molecule has 0 aliphatic carbocycles. The lowest BCUT2D eigenvalue weighted by atomic mass is 10.0. The Labute approximate surface area is 229 Å². The van der Waals surface area contributed by atoms with E-state index in [4.69, 9.17) is 9.97 Å². The van der Waals surface area contributed by atoms with E-state index >= 15 is 0 Å². The molecule has 0 fully saturated rings. The van der Waals surface area contributed by atoms with Gasteiger partial charge in [-0.25, -0.2) is 9.97 Å². The van der Waals surface area contributed by atoms with Crippen molar-refractivity contribution >= 4 is 65.3 Å². The number of nitrogens with zero attached hydrogens (tertiary/aromatic N) is 4. The van der Waals surface area contributed by atoms with Crippen molar-refractivity contribution in [3.05, 3.63) is 134 Å². The van der Waals surface area contributed by atoms with Gasteiger partial charge in [-0.15, -0.1) is 0 Å². The first kappa shape index (κ1) is 21.5. The third-order valence-corrected chi connectivity index (χ3v) is 8.14. The van der Waals surface area contributed by atoms with Gasteiger partial charge in [-0.3, -0.25) is 4.57 Å². The maximum atomic E-state index is 5.00. The molecule has 9 rings (SSSR count). The predicted molar refractivity (Wildman–Crippen MR) is 166 cm³/mol. The number of hydrogen-bond donors (Lipinski definition) is 0. The molecule has 0 spiro atoms. The normalized spacial score (nSPS) is 12.0. The summed E-state index contributed by atoms with van der Waals surface area (Å²) in [4.78, 5) is 9.83. The summed E-state index contributed by atoms with van der Waals surface area (Å²) in [7, 11) is 0. The zero-order valence-electron chi connectivity index (χ0n) is 21.5. The van der Waals surface area contributed by atoms with Crippen LogP contribution in [-0.2, 0) is 0 Å². The Bertz CT molecular complexity index is 2430. The standard InChI is InChI=1S/C36H22N4/c1-2-12-25(13-3-1)39-33-20-29-27-15-7-9-17-32(27)40(36-37-22-24-11-5-8-16-31(24)38-36)34(29)21-30(33)28-19-18-23-10-4-6-14-26(23)35(28)39/h1-22H. The Morgan fingerprint density at radius 3 is 2.00 bits per heavy atom. The van der Waals surface area contributed by atoms with Gasteiger partial charge in [-0.2, -0.15) is 0 Å². The number of hydrogen-bond acceptors (Lipinski definition) is 2. The van der Waals surface area contributed by atoms with E-state index in [1.54, 1.807) is 0 Å². The van der Waals surface area contributed by atoms with E-state index in [9.17, 15) is 0 Å². The molecule has 0 bridgehead atoms. The highest BCUT2D eigenvalue weighted by Gasteiger charge is 2.20. The summed E-state index contributed by atoms with van der Waals surface area (Å²) in [5.41, 5.74) is 6.70. The SMILES string of the molecule is c1ccc(-n2c3cc4c5ccccc5n(-c5ncc6ccccc6n5)c4cc3c3ccc4ccccc4c32)cc1. The zero-order chi connectivity index (χ0) is 26.2. The van der Waals surface area contributed by atoms with Crippen molar-refractivity contribution in [2.24, 2.45) is 0 Å². The molecular formula is C36H22N4. The van der Waals surface area contributed by atoms with Crippen LogP contribution in [0.5, 0.6) is 0 Å². The van der Waals surface area contributed by atoms with Crippen LogP contribution in [0.25, 0.3) is 76.9 Å². The third-order valence-electron chi connectivity index (χ3n) is 8.14. The van der Waals surface area contributed by atoms with Crippen LogP contribution < -0.4 is 0 Å². The van der Waals surface area contributed by atoms with Crippen molar-refractivity contribution < 1.29 is 0 Å². The van der Waals surface area contributed by atoms with Crippen molar-refractivity contribution in [2.75, 3.05) is 0 Å². The second-order valence-corrected chi connectivity index (χ2v) is 10.3. The van der Waals surface area contributed by atoms with Crippen molar-refractivity contribution in [3.63, 3.8) is 0 Å². The monoisotopic (exact) mass is 510 g/mol. The Hall–Kier alpha value is -5.48. The number of rotatable bonds is 2. The average molecular weight is 511 g/mol. The van der Waals surface area contributed by atoms with E-state index in [1.165, 1.54) is 43.4 Å². The number of para-hydroxylation sites is 3. The maximum absolute atomic E-state index is 5.00. The van der Waals surface area contributed by atoms with Gasteiger partial charge in [0.05, 0.1) is 27.6 Å². The Morgan fingerprint density at radius 2 is 1.12 bits per heavy atom. The summed E-state index contributed by atoms with van der Waals surface area (Å²) in [6.07, 6.45) is 1.92. The van der Waals surface area contributed by atoms with E-state index in [2.05, 4.69) is 118 Å². The second kappa shape index (κ2) is 8.01. The third kappa shape index (κ3) is 2.90. The number of benzene rings is 6. The number of fused-ring (bicyclic) bond motifs is 9. The fourth-order valence-corrected chi connectivity index (χ4v) is 6.37. The minimum atomic E-state index is 0.682. The van der Waals surface area contributed by atoms with Crippen molar-refractivity contribution in [2.45, 2.75) is 0 Å². The Kier molecular flexibility index (Phi) is 4.30. The molecule has 0 aliphatic heterocycles. The predicted octanol–water partition coefficient (Wildman–Crippen LogP) is 8.98. The summed E-state index contributed by atoms with van der Waals surface area (Å²) in [6, 6.07) is 45.2. The fourth-order valence-electron chi connectivity index (χ4n) is 6.37. The molecule has 40 heavy (non-hydrogen) atoms. The highest BCUT2D eigenvalue weighted by Crippen LogP contribution is 2.41. The summed E-state index contributed by atoms with van der Waals surface area (Å²) >= 11 is 0. The van der Waals surface area contributed by atoms with E-state index < -0.39 is 0 Å². The van der Waals surface area contributed by atoms with Crippen LogP contribution in [0.2, 0.25) is 0 Å². The van der Waals surface area contributed by atoms with Crippen LogP contribution in [0.3, 0.4) is 0 Å². The summed E-state index contributed by atoms with van der Waals surface area (Å²) in [5, 5.41) is 8.33. The molecule has 0 atom stereocenters. The molecule has 0 unspecified atom stereocenters. The van der Waals surface area contributed by atoms with Crippen molar-refractivity contribution in [1.82, 2.24) is 19.1 Å². The van der Waals surface area contributed by atoms with Gasteiger partial charge in [0.1, 0.15) is 0 Å². The van der Waals surface area contributed by atoms with Gasteiger partial charge in [-0.05, 0) is 41.8 Å². The molecule has 3 heterocycles. The molecule has 0 amide bonds. The van der Waals surface area contributed by atoms with Crippen LogP contribution >= 0.6 is 0 Å². The molecule has 0 radical (unpaired) electrons. The second-order valence-electron chi connectivity index (χ2n) is 10.3. The van der Waals surface area contributed by atoms with Gasteiger partial charge in [0.2, 0.25) is 5.95 Å². The lowest BCUT2D eigenvalue weighted by molar-refractivity contribution is 1.01. The largest absolute Gasteiger partial charge is 0.309 e. The molecule has 0 saturated heterocycles. The van der Waals surface area contributed by atoms with Crippen molar-refractivity contribution in [1.29, 1.82) is 0 Å². The van der Waals surface area contributed by atoms with E-state index in [0.29, 0.717) is 5.95 Å². The van der Waals surface area contributed by atoms with Gasteiger partial charge in [0.15, 0.2) is 0 Å². The van der Waals surface area contributed by atoms with Gasteiger partial charge in [-0.1, -0.05) is 91.0 Å². The van der Waals surface area contributed by atoms with Crippen LogP contribution in [0.4, 0.5) is 0 Å². The maximum Gasteiger partial charge on any atom is 0.235 e. The molecule has 0 saturated carbocycles. The quantitative estimate of drug-likeness (QED) is 0.233. The first-order valence-electron chi connectivity index (χ1n) is 13.5. The topological polar surface area (TPSA) is 35.6 Å². The Balaban J connectivity index is 1.48. The van der Waals surface area contributed by atoms with Crippen LogP contribution in [0, 0.1) is 0 Å². The minimum Gasteiger partial charge on any atom is -0.309 e.